The number of methoxy groups -OCH3 is 1. The minimum atomic E-state index is -0.880. The van der Waals surface area contributed by atoms with Crippen LogP contribution in [0.4, 0.5) is 0 Å². The van der Waals surface area contributed by atoms with Crippen molar-refractivity contribution in [2.45, 2.75) is 25.7 Å². The van der Waals surface area contributed by atoms with Gasteiger partial charge in [0.05, 0.1) is 18.9 Å². The summed E-state index contributed by atoms with van der Waals surface area (Å²) in [5.41, 5.74) is 0. The summed E-state index contributed by atoms with van der Waals surface area (Å²) in [4.78, 5) is 22.0. The number of hydrogen-bond acceptors (Lipinski definition) is 3. The van der Waals surface area contributed by atoms with Crippen LogP contribution in [0.15, 0.2) is 0 Å². The fraction of sp³-hybridized carbons (Fsp3) is 0.778. The quantitative estimate of drug-likeness (QED) is 0.655. The SMILES string of the molecule is COC(=O)[C@H]1CCCCC1C(=O)O. The van der Waals surface area contributed by atoms with E-state index in [0.717, 1.165) is 12.8 Å². The second-order valence-corrected chi connectivity index (χ2v) is 3.36. The molecule has 1 saturated carbocycles. The zero-order chi connectivity index (χ0) is 9.84. The number of carbonyl (C=O) groups excluding carboxylic acids is 1. The van der Waals surface area contributed by atoms with Crippen molar-refractivity contribution in [2.24, 2.45) is 11.8 Å². The Kier molecular flexibility index (Phi) is 3.28. The standard InChI is InChI=1S/C9H14O4/c1-13-9(12)7-5-3-2-4-6(7)8(10)11/h6-7H,2-5H2,1H3,(H,10,11)/t6?,7-/m0/s1. The zero-order valence-corrected chi connectivity index (χ0v) is 7.66. The van der Waals surface area contributed by atoms with Crippen LogP contribution in [0.1, 0.15) is 25.7 Å². The van der Waals surface area contributed by atoms with Gasteiger partial charge in [-0.2, -0.15) is 0 Å². The van der Waals surface area contributed by atoms with Gasteiger partial charge in [0.15, 0.2) is 0 Å². The van der Waals surface area contributed by atoms with Crippen LogP contribution in [0.25, 0.3) is 0 Å². The van der Waals surface area contributed by atoms with E-state index in [2.05, 4.69) is 4.74 Å². The lowest BCUT2D eigenvalue weighted by Crippen LogP contribution is -2.33. The zero-order valence-electron chi connectivity index (χ0n) is 7.66. The number of aliphatic carboxylic acids is 1. The van der Waals surface area contributed by atoms with Gasteiger partial charge in [-0.3, -0.25) is 9.59 Å². The summed E-state index contributed by atoms with van der Waals surface area (Å²) >= 11 is 0. The first-order chi connectivity index (χ1) is 6.16. The largest absolute Gasteiger partial charge is 0.481 e. The average molecular weight is 186 g/mol. The fourth-order valence-corrected chi connectivity index (χ4v) is 1.86. The molecule has 1 rings (SSSR count). The molecule has 0 aromatic carbocycles. The molecule has 0 bridgehead atoms. The first kappa shape index (κ1) is 10.0. The highest BCUT2D eigenvalue weighted by Crippen LogP contribution is 2.30. The van der Waals surface area contributed by atoms with Gasteiger partial charge in [0.1, 0.15) is 0 Å². The maximum absolute atomic E-state index is 11.2. The third kappa shape index (κ3) is 2.20. The maximum atomic E-state index is 11.2. The van der Waals surface area contributed by atoms with Gasteiger partial charge in [-0.05, 0) is 12.8 Å². The smallest absolute Gasteiger partial charge is 0.309 e. The van der Waals surface area contributed by atoms with Crippen LogP contribution in [0.2, 0.25) is 0 Å². The second kappa shape index (κ2) is 4.25. The van der Waals surface area contributed by atoms with Crippen LogP contribution in [-0.4, -0.2) is 24.2 Å². The molecule has 0 saturated heterocycles. The van der Waals surface area contributed by atoms with Gasteiger partial charge in [0.25, 0.3) is 0 Å². The molecule has 0 amide bonds. The number of carbonyl (C=O) groups is 2. The van der Waals surface area contributed by atoms with Crippen molar-refractivity contribution in [3.63, 3.8) is 0 Å². The first-order valence-corrected chi connectivity index (χ1v) is 4.47. The Hall–Kier alpha value is -1.06. The van der Waals surface area contributed by atoms with Crippen molar-refractivity contribution < 1.29 is 19.4 Å². The molecule has 4 nitrogen and oxygen atoms in total. The van der Waals surface area contributed by atoms with Gasteiger partial charge in [-0.15, -0.1) is 0 Å². The van der Waals surface area contributed by atoms with E-state index in [-0.39, 0.29) is 5.97 Å². The minimum Gasteiger partial charge on any atom is -0.481 e. The number of hydrogen-bond donors (Lipinski definition) is 1. The second-order valence-electron chi connectivity index (χ2n) is 3.36. The summed E-state index contributed by atoms with van der Waals surface area (Å²) in [5.74, 6) is -2.24. The molecule has 1 aliphatic rings. The summed E-state index contributed by atoms with van der Waals surface area (Å²) in [7, 11) is 1.30. The third-order valence-corrected chi connectivity index (χ3v) is 2.59. The molecule has 0 aromatic heterocycles. The van der Waals surface area contributed by atoms with E-state index >= 15 is 0 Å². The minimum absolute atomic E-state index is 0.382. The summed E-state index contributed by atoms with van der Waals surface area (Å²) in [6.45, 7) is 0. The predicted molar refractivity (Wildman–Crippen MR) is 45.1 cm³/mol. The number of carboxylic acids is 1. The van der Waals surface area contributed by atoms with Crippen LogP contribution in [0.3, 0.4) is 0 Å². The predicted octanol–water partition coefficient (Wildman–Crippen LogP) is 1.05. The Morgan fingerprint density at radius 3 is 2.23 bits per heavy atom. The van der Waals surface area contributed by atoms with Crippen molar-refractivity contribution in [1.82, 2.24) is 0 Å². The van der Waals surface area contributed by atoms with E-state index in [9.17, 15) is 9.59 Å². The topological polar surface area (TPSA) is 63.6 Å². The van der Waals surface area contributed by atoms with Crippen molar-refractivity contribution in [3.05, 3.63) is 0 Å². The lowest BCUT2D eigenvalue weighted by molar-refractivity contribution is -0.157. The Labute approximate surface area is 76.9 Å². The molecule has 0 radical (unpaired) electrons. The highest BCUT2D eigenvalue weighted by molar-refractivity contribution is 5.81. The van der Waals surface area contributed by atoms with E-state index in [1.54, 1.807) is 0 Å². The lowest BCUT2D eigenvalue weighted by atomic mass is 9.79. The van der Waals surface area contributed by atoms with E-state index < -0.39 is 17.8 Å². The Balaban J connectivity index is 2.67. The first-order valence-electron chi connectivity index (χ1n) is 4.47. The Bertz CT molecular complexity index is 212. The van der Waals surface area contributed by atoms with Gasteiger partial charge < -0.3 is 9.84 Å². The van der Waals surface area contributed by atoms with E-state index in [1.165, 1.54) is 7.11 Å². The molecule has 13 heavy (non-hydrogen) atoms. The number of ether oxygens (including phenoxy) is 1. The number of rotatable bonds is 2. The molecule has 1 fully saturated rings. The summed E-state index contributed by atoms with van der Waals surface area (Å²) in [6, 6.07) is 0. The maximum Gasteiger partial charge on any atom is 0.309 e. The van der Waals surface area contributed by atoms with Crippen molar-refractivity contribution >= 4 is 11.9 Å². The Morgan fingerprint density at radius 2 is 1.77 bits per heavy atom. The summed E-state index contributed by atoms with van der Waals surface area (Å²) < 4.78 is 4.57. The molecule has 1 aliphatic carbocycles. The monoisotopic (exact) mass is 186 g/mol. The van der Waals surface area contributed by atoms with Crippen molar-refractivity contribution in [1.29, 1.82) is 0 Å². The van der Waals surface area contributed by atoms with Crippen LogP contribution in [0.5, 0.6) is 0 Å². The van der Waals surface area contributed by atoms with Crippen LogP contribution in [0, 0.1) is 11.8 Å². The summed E-state index contributed by atoms with van der Waals surface area (Å²) in [5, 5.41) is 8.85. The van der Waals surface area contributed by atoms with Gasteiger partial charge in [0.2, 0.25) is 0 Å². The molecule has 0 heterocycles. The number of esters is 1. The third-order valence-electron chi connectivity index (χ3n) is 2.59. The van der Waals surface area contributed by atoms with Gasteiger partial charge >= 0.3 is 11.9 Å². The highest BCUT2D eigenvalue weighted by Gasteiger charge is 2.36. The van der Waals surface area contributed by atoms with Gasteiger partial charge in [0, 0.05) is 0 Å². The average Bonchev–Trinajstić information content (AvgIpc) is 2.16. The Morgan fingerprint density at radius 1 is 1.23 bits per heavy atom. The van der Waals surface area contributed by atoms with Gasteiger partial charge in [-0.25, -0.2) is 0 Å². The van der Waals surface area contributed by atoms with Crippen LogP contribution in [-0.2, 0) is 14.3 Å². The lowest BCUT2D eigenvalue weighted by Gasteiger charge is -2.25. The van der Waals surface area contributed by atoms with Crippen molar-refractivity contribution in [2.75, 3.05) is 7.11 Å². The molecule has 0 aromatic rings. The van der Waals surface area contributed by atoms with E-state index in [1.807, 2.05) is 0 Å². The van der Waals surface area contributed by atoms with Crippen LogP contribution < -0.4 is 0 Å². The van der Waals surface area contributed by atoms with E-state index in [0.29, 0.717) is 12.8 Å². The van der Waals surface area contributed by atoms with Crippen molar-refractivity contribution in [3.8, 4) is 0 Å². The fourth-order valence-electron chi connectivity index (χ4n) is 1.86. The molecular formula is C9H14O4. The van der Waals surface area contributed by atoms with Gasteiger partial charge in [-0.1, -0.05) is 12.8 Å². The molecule has 2 atom stereocenters. The number of carboxylic acid groups (broad SMARTS) is 1. The molecule has 1 unspecified atom stereocenters. The molecular weight excluding hydrogens is 172 g/mol. The molecule has 74 valence electrons. The molecule has 1 N–H and O–H groups in total. The highest BCUT2D eigenvalue weighted by atomic mass is 16.5. The molecule has 0 spiro atoms. The normalized spacial score (nSPS) is 28.1. The molecule has 4 heteroatoms. The molecule has 0 aliphatic heterocycles. The summed E-state index contributed by atoms with van der Waals surface area (Å²) in [6.07, 6.45) is 3.05. The van der Waals surface area contributed by atoms with Crippen LogP contribution >= 0.6 is 0 Å². The van der Waals surface area contributed by atoms with E-state index in [4.69, 9.17) is 5.11 Å².